The Bertz CT molecular complexity index is 388. The number of thioether (sulfide) groups is 1. The van der Waals surface area contributed by atoms with Gasteiger partial charge in [0.2, 0.25) is 0 Å². The lowest BCUT2D eigenvalue weighted by Crippen LogP contribution is -2.13. The predicted octanol–water partition coefficient (Wildman–Crippen LogP) is 4.27. The number of hydrogen-bond acceptors (Lipinski definition) is 3. The molecule has 1 atom stereocenters. The van der Waals surface area contributed by atoms with E-state index >= 15 is 0 Å². The summed E-state index contributed by atoms with van der Waals surface area (Å²) in [4.78, 5) is 0. The smallest absolute Gasteiger partial charge is 0.124 e. The molecule has 2 nitrogen and oxygen atoms in total. The van der Waals surface area contributed by atoms with Gasteiger partial charge in [-0.15, -0.1) is 0 Å². The molecule has 1 aromatic rings. The van der Waals surface area contributed by atoms with Crippen LogP contribution in [0.5, 0.6) is 5.75 Å². The number of nitrogens with two attached hydrogens (primary N) is 1. The topological polar surface area (TPSA) is 35.2 Å². The Morgan fingerprint density at radius 3 is 2.61 bits per heavy atom. The van der Waals surface area contributed by atoms with Crippen LogP contribution in [0.15, 0.2) is 18.2 Å². The summed E-state index contributed by atoms with van der Waals surface area (Å²) in [5.41, 5.74) is 6.87. The molecule has 0 heterocycles. The SMILES string of the molecule is CC(N)c1cc(Cl)ccc1OCCSC(C)(C)C. The number of rotatable bonds is 5. The van der Waals surface area contributed by atoms with Crippen molar-refractivity contribution in [2.75, 3.05) is 12.4 Å². The highest BCUT2D eigenvalue weighted by atomic mass is 35.5. The molecule has 0 aliphatic carbocycles. The summed E-state index contributed by atoms with van der Waals surface area (Å²) in [7, 11) is 0. The highest BCUT2D eigenvalue weighted by molar-refractivity contribution is 8.00. The Balaban J connectivity index is 2.57. The minimum atomic E-state index is -0.0750. The van der Waals surface area contributed by atoms with Gasteiger partial charge in [-0.2, -0.15) is 11.8 Å². The molecule has 0 aliphatic heterocycles. The van der Waals surface area contributed by atoms with Gasteiger partial charge in [-0.1, -0.05) is 32.4 Å². The van der Waals surface area contributed by atoms with Gasteiger partial charge < -0.3 is 10.5 Å². The summed E-state index contributed by atoms with van der Waals surface area (Å²) in [6.07, 6.45) is 0. The maximum Gasteiger partial charge on any atom is 0.124 e. The summed E-state index contributed by atoms with van der Waals surface area (Å²) in [6, 6.07) is 5.52. The fourth-order valence-electron chi connectivity index (χ4n) is 1.51. The average Bonchev–Trinajstić information content (AvgIpc) is 2.24. The molecule has 102 valence electrons. The monoisotopic (exact) mass is 287 g/mol. The Hall–Kier alpha value is -0.380. The molecule has 0 radical (unpaired) electrons. The van der Waals surface area contributed by atoms with Crippen LogP contribution in [0.4, 0.5) is 0 Å². The zero-order chi connectivity index (χ0) is 13.8. The van der Waals surface area contributed by atoms with E-state index in [4.69, 9.17) is 22.1 Å². The van der Waals surface area contributed by atoms with Crippen LogP contribution in [0.2, 0.25) is 5.02 Å². The molecule has 1 aromatic carbocycles. The quantitative estimate of drug-likeness (QED) is 0.822. The fraction of sp³-hybridized carbons (Fsp3) is 0.571. The van der Waals surface area contributed by atoms with Crippen molar-refractivity contribution in [2.24, 2.45) is 5.73 Å². The van der Waals surface area contributed by atoms with Crippen LogP contribution in [0, 0.1) is 0 Å². The van der Waals surface area contributed by atoms with Crippen molar-refractivity contribution in [2.45, 2.75) is 38.5 Å². The second kappa shape index (κ2) is 6.69. The van der Waals surface area contributed by atoms with Crippen molar-refractivity contribution >= 4 is 23.4 Å². The van der Waals surface area contributed by atoms with Crippen molar-refractivity contribution < 1.29 is 4.74 Å². The molecule has 0 fully saturated rings. The molecular formula is C14H22ClNOS. The third kappa shape index (κ3) is 5.51. The first-order valence-corrected chi connectivity index (χ1v) is 7.48. The van der Waals surface area contributed by atoms with Crippen LogP contribution in [-0.4, -0.2) is 17.1 Å². The van der Waals surface area contributed by atoms with Crippen LogP contribution in [-0.2, 0) is 0 Å². The third-order valence-corrected chi connectivity index (χ3v) is 3.81. The standard InChI is InChI=1S/C14H22ClNOS/c1-10(16)12-9-11(15)5-6-13(12)17-7-8-18-14(2,3)4/h5-6,9-10H,7-8,16H2,1-4H3. The largest absolute Gasteiger partial charge is 0.492 e. The van der Waals surface area contributed by atoms with Crippen molar-refractivity contribution in [1.82, 2.24) is 0 Å². The maximum atomic E-state index is 5.97. The van der Waals surface area contributed by atoms with Crippen molar-refractivity contribution in [3.63, 3.8) is 0 Å². The van der Waals surface area contributed by atoms with Gasteiger partial charge in [0.15, 0.2) is 0 Å². The van der Waals surface area contributed by atoms with E-state index in [9.17, 15) is 0 Å². The van der Waals surface area contributed by atoms with Crippen LogP contribution in [0.3, 0.4) is 0 Å². The minimum absolute atomic E-state index is 0.0750. The lowest BCUT2D eigenvalue weighted by atomic mass is 10.1. The van der Waals surface area contributed by atoms with Gasteiger partial charge in [0, 0.05) is 27.1 Å². The molecule has 18 heavy (non-hydrogen) atoms. The van der Waals surface area contributed by atoms with Gasteiger partial charge in [0.05, 0.1) is 6.61 Å². The van der Waals surface area contributed by atoms with Crippen LogP contribution >= 0.6 is 23.4 Å². The van der Waals surface area contributed by atoms with Crippen molar-refractivity contribution in [3.8, 4) is 5.75 Å². The normalized spacial score (nSPS) is 13.4. The van der Waals surface area contributed by atoms with E-state index in [1.807, 2.05) is 36.9 Å². The minimum Gasteiger partial charge on any atom is -0.492 e. The molecule has 0 amide bonds. The lowest BCUT2D eigenvalue weighted by molar-refractivity contribution is 0.338. The van der Waals surface area contributed by atoms with E-state index in [0.29, 0.717) is 11.6 Å². The average molecular weight is 288 g/mol. The Morgan fingerprint density at radius 2 is 2.06 bits per heavy atom. The molecular weight excluding hydrogens is 266 g/mol. The summed E-state index contributed by atoms with van der Waals surface area (Å²) in [6.45, 7) is 9.22. The molecule has 0 saturated heterocycles. The fourth-order valence-corrected chi connectivity index (χ4v) is 2.47. The summed E-state index contributed by atoms with van der Waals surface area (Å²) < 4.78 is 6.06. The van der Waals surface area contributed by atoms with Gasteiger partial charge in [0.25, 0.3) is 0 Å². The van der Waals surface area contributed by atoms with Crippen LogP contribution in [0.1, 0.15) is 39.3 Å². The Kier molecular flexibility index (Phi) is 5.83. The highest BCUT2D eigenvalue weighted by Crippen LogP contribution is 2.28. The first-order valence-electron chi connectivity index (χ1n) is 6.11. The van der Waals surface area contributed by atoms with Gasteiger partial charge in [-0.05, 0) is 25.1 Å². The van der Waals surface area contributed by atoms with E-state index in [2.05, 4.69) is 20.8 Å². The van der Waals surface area contributed by atoms with E-state index in [1.54, 1.807) is 0 Å². The Morgan fingerprint density at radius 1 is 1.39 bits per heavy atom. The van der Waals surface area contributed by atoms with E-state index in [1.165, 1.54) is 0 Å². The highest BCUT2D eigenvalue weighted by Gasteiger charge is 2.11. The number of benzene rings is 1. The maximum absolute atomic E-state index is 5.97. The van der Waals surface area contributed by atoms with Gasteiger partial charge in [-0.3, -0.25) is 0 Å². The van der Waals surface area contributed by atoms with Gasteiger partial charge in [0.1, 0.15) is 5.75 Å². The van der Waals surface area contributed by atoms with E-state index in [0.717, 1.165) is 17.1 Å². The number of hydrogen-bond donors (Lipinski definition) is 1. The van der Waals surface area contributed by atoms with E-state index in [-0.39, 0.29) is 10.8 Å². The number of ether oxygens (including phenoxy) is 1. The molecule has 0 aromatic heterocycles. The second-order valence-corrected chi connectivity index (χ2v) is 7.64. The molecule has 0 spiro atoms. The lowest BCUT2D eigenvalue weighted by Gasteiger charge is -2.18. The molecule has 1 rings (SSSR count). The molecule has 2 N–H and O–H groups in total. The van der Waals surface area contributed by atoms with Crippen molar-refractivity contribution in [1.29, 1.82) is 0 Å². The molecule has 0 saturated carbocycles. The first-order chi connectivity index (χ1) is 8.29. The molecule has 1 unspecified atom stereocenters. The zero-order valence-corrected chi connectivity index (χ0v) is 13.1. The molecule has 4 heteroatoms. The number of halogens is 1. The Labute approximate surface area is 119 Å². The first kappa shape index (κ1) is 15.7. The summed E-state index contributed by atoms with van der Waals surface area (Å²) >= 11 is 7.85. The predicted molar refractivity (Wildman–Crippen MR) is 81.8 cm³/mol. The molecule has 0 aliphatic rings. The zero-order valence-electron chi connectivity index (χ0n) is 11.5. The molecule has 0 bridgehead atoms. The third-order valence-electron chi connectivity index (χ3n) is 2.34. The van der Waals surface area contributed by atoms with Crippen LogP contribution < -0.4 is 10.5 Å². The van der Waals surface area contributed by atoms with Crippen LogP contribution in [0.25, 0.3) is 0 Å². The van der Waals surface area contributed by atoms with Gasteiger partial charge >= 0.3 is 0 Å². The summed E-state index contributed by atoms with van der Waals surface area (Å²) in [5, 5.41) is 0.693. The van der Waals surface area contributed by atoms with E-state index < -0.39 is 0 Å². The van der Waals surface area contributed by atoms with Gasteiger partial charge in [-0.25, -0.2) is 0 Å². The van der Waals surface area contributed by atoms with Crippen molar-refractivity contribution in [3.05, 3.63) is 28.8 Å². The summed E-state index contributed by atoms with van der Waals surface area (Å²) in [5.74, 6) is 1.80. The second-order valence-electron chi connectivity index (χ2n) is 5.28.